The lowest BCUT2D eigenvalue weighted by Gasteiger charge is -2.24. The first-order chi connectivity index (χ1) is 9.24. The molecule has 0 aliphatic carbocycles. The second-order valence-electron chi connectivity index (χ2n) is 4.31. The number of rotatable bonds is 2. The van der Waals surface area contributed by atoms with Crippen molar-refractivity contribution in [3.8, 4) is 11.8 Å². The summed E-state index contributed by atoms with van der Waals surface area (Å²) in [7, 11) is 1.84. The Bertz CT molecular complexity index is 516. The standard InChI is InChI=1S/C14H16N2O2S/c1-16(12-5-8-19-10-12)14(18)13-4-6-15-9-11(13)3-2-7-17/h4,6,9,12,17H,5,7-8,10H2,1H3. The zero-order valence-electron chi connectivity index (χ0n) is 10.8. The Morgan fingerprint density at radius 2 is 2.53 bits per heavy atom. The van der Waals surface area contributed by atoms with Gasteiger partial charge in [0.05, 0.1) is 11.1 Å². The van der Waals surface area contributed by atoms with Gasteiger partial charge in [0.15, 0.2) is 0 Å². The molecule has 1 aliphatic rings. The topological polar surface area (TPSA) is 53.4 Å². The van der Waals surface area contributed by atoms with E-state index >= 15 is 0 Å². The van der Waals surface area contributed by atoms with Gasteiger partial charge in [0, 0.05) is 31.2 Å². The van der Waals surface area contributed by atoms with Crippen molar-refractivity contribution in [1.29, 1.82) is 0 Å². The quantitative estimate of drug-likeness (QED) is 0.819. The van der Waals surface area contributed by atoms with Gasteiger partial charge < -0.3 is 10.0 Å². The number of pyridine rings is 1. The van der Waals surface area contributed by atoms with Crippen LogP contribution in [0.5, 0.6) is 0 Å². The molecule has 100 valence electrons. The number of carbonyl (C=O) groups is 1. The summed E-state index contributed by atoms with van der Waals surface area (Å²) in [5.74, 6) is 7.40. The van der Waals surface area contributed by atoms with Crippen LogP contribution in [-0.4, -0.2) is 52.1 Å². The molecule has 1 aromatic heterocycles. The van der Waals surface area contributed by atoms with Crippen molar-refractivity contribution in [3.63, 3.8) is 0 Å². The molecule has 1 aliphatic heterocycles. The van der Waals surface area contributed by atoms with Crippen LogP contribution in [0, 0.1) is 11.8 Å². The van der Waals surface area contributed by atoms with Crippen LogP contribution < -0.4 is 0 Å². The molecule has 1 amide bonds. The predicted octanol–water partition coefficient (Wildman–Crippen LogP) is 1.00. The number of thioether (sulfide) groups is 1. The van der Waals surface area contributed by atoms with Gasteiger partial charge in [-0.25, -0.2) is 0 Å². The van der Waals surface area contributed by atoms with Crippen molar-refractivity contribution < 1.29 is 9.90 Å². The van der Waals surface area contributed by atoms with Crippen molar-refractivity contribution >= 4 is 17.7 Å². The second kappa shape index (κ2) is 6.60. The van der Waals surface area contributed by atoms with Gasteiger partial charge >= 0.3 is 0 Å². The second-order valence-corrected chi connectivity index (χ2v) is 5.46. The average Bonchev–Trinajstić information content (AvgIpc) is 2.98. The third-order valence-corrected chi connectivity index (χ3v) is 4.27. The van der Waals surface area contributed by atoms with Crippen LogP contribution in [-0.2, 0) is 0 Å². The molecular formula is C14H16N2O2S. The number of aliphatic hydroxyl groups excluding tert-OH is 1. The van der Waals surface area contributed by atoms with Crippen molar-refractivity contribution in [2.75, 3.05) is 25.2 Å². The molecule has 5 heteroatoms. The predicted molar refractivity (Wildman–Crippen MR) is 76.0 cm³/mol. The summed E-state index contributed by atoms with van der Waals surface area (Å²) in [5, 5.41) is 8.75. The zero-order valence-corrected chi connectivity index (χ0v) is 11.6. The normalized spacial score (nSPS) is 17.7. The minimum absolute atomic E-state index is 0.0304. The Hall–Kier alpha value is -1.51. The molecule has 2 heterocycles. The number of nitrogens with zero attached hydrogens (tertiary/aromatic N) is 2. The Balaban J connectivity index is 2.22. The highest BCUT2D eigenvalue weighted by Crippen LogP contribution is 2.23. The van der Waals surface area contributed by atoms with E-state index in [-0.39, 0.29) is 12.5 Å². The van der Waals surface area contributed by atoms with Crippen molar-refractivity contribution in [2.45, 2.75) is 12.5 Å². The maximum atomic E-state index is 12.5. The van der Waals surface area contributed by atoms with E-state index in [1.165, 1.54) is 0 Å². The van der Waals surface area contributed by atoms with Crippen LogP contribution in [0.3, 0.4) is 0 Å². The number of aromatic nitrogens is 1. The van der Waals surface area contributed by atoms with Crippen molar-refractivity contribution in [1.82, 2.24) is 9.88 Å². The Kier molecular flexibility index (Phi) is 4.83. The van der Waals surface area contributed by atoms with Crippen LogP contribution >= 0.6 is 11.8 Å². The van der Waals surface area contributed by atoms with Crippen LogP contribution in [0.25, 0.3) is 0 Å². The van der Waals surface area contributed by atoms with Crippen LogP contribution in [0.1, 0.15) is 22.3 Å². The summed E-state index contributed by atoms with van der Waals surface area (Å²) in [6, 6.07) is 1.98. The van der Waals surface area contributed by atoms with Gasteiger partial charge in [-0.3, -0.25) is 9.78 Å². The molecule has 0 spiro atoms. The van der Waals surface area contributed by atoms with E-state index in [9.17, 15) is 4.79 Å². The minimum atomic E-state index is -0.225. The third kappa shape index (κ3) is 3.28. The first-order valence-electron chi connectivity index (χ1n) is 6.12. The fourth-order valence-electron chi connectivity index (χ4n) is 2.00. The molecule has 2 rings (SSSR count). The van der Waals surface area contributed by atoms with Gasteiger partial charge in [-0.2, -0.15) is 11.8 Å². The average molecular weight is 276 g/mol. The molecule has 1 unspecified atom stereocenters. The SMILES string of the molecule is CN(C(=O)c1ccncc1C#CCO)C1CCSC1. The van der Waals surface area contributed by atoms with Crippen molar-refractivity contribution in [3.05, 3.63) is 29.6 Å². The monoisotopic (exact) mass is 276 g/mol. The van der Waals surface area contributed by atoms with Gasteiger partial charge in [0.2, 0.25) is 0 Å². The van der Waals surface area contributed by atoms with Gasteiger partial charge in [-0.05, 0) is 18.2 Å². The summed E-state index contributed by atoms with van der Waals surface area (Å²) < 4.78 is 0. The summed E-state index contributed by atoms with van der Waals surface area (Å²) in [6.45, 7) is -0.225. The zero-order chi connectivity index (χ0) is 13.7. The fraction of sp³-hybridized carbons (Fsp3) is 0.429. The first-order valence-corrected chi connectivity index (χ1v) is 7.28. The lowest BCUT2D eigenvalue weighted by atomic mass is 10.1. The van der Waals surface area contributed by atoms with Crippen LogP contribution in [0.15, 0.2) is 18.5 Å². The molecule has 0 aromatic carbocycles. The molecule has 0 radical (unpaired) electrons. The largest absolute Gasteiger partial charge is 0.384 e. The van der Waals surface area contributed by atoms with E-state index in [0.717, 1.165) is 17.9 Å². The lowest BCUT2D eigenvalue weighted by molar-refractivity contribution is 0.0747. The van der Waals surface area contributed by atoms with E-state index in [1.807, 2.05) is 18.8 Å². The number of hydrogen-bond donors (Lipinski definition) is 1. The summed E-state index contributed by atoms with van der Waals surface area (Å²) >= 11 is 1.87. The molecule has 1 aromatic rings. The number of carbonyl (C=O) groups excluding carboxylic acids is 1. The van der Waals surface area contributed by atoms with Gasteiger partial charge in [0.1, 0.15) is 6.61 Å². The number of aliphatic hydroxyl groups is 1. The maximum Gasteiger partial charge on any atom is 0.255 e. The Labute approximate surface area is 117 Å². The highest BCUT2D eigenvalue weighted by molar-refractivity contribution is 7.99. The molecule has 4 nitrogen and oxygen atoms in total. The molecular weight excluding hydrogens is 260 g/mol. The highest BCUT2D eigenvalue weighted by atomic mass is 32.2. The molecule has 1 atom stereocenters. The fourth-order valence-corrected chi connectivity index (χ4v) is 3.27. The molecule has 1 saturated heterocycles. The first kappa shape index (κ1) is 13.9. The molecule has 0 saturated carbocycles. The Morgan fingerprint density at radius 3 is 3.21 bits per heavy atom. The Morgan fingerprint density at radius 1 is 1.68 bits per heavy atom. The molecule has 0 bridgehead atoms. The highest BCUT2D eigenvalue weighted by Gasteiger charge is 2.25. The summed E-state index contributed by atoms with van der Waals surface area (Å²) in [5.41, 5.74) is 1.12. The van der Waals surface area contributed by atoms with Crippen LogP contribution in [0.4, 0.5) is 0 Å². The summed E-state index contributed by atoms with van der Waals surface area (Å²) in [4.78, 5) is 18.2. The van der Waals surface area contributed by atoms with Gasteiger partial charge in [0.25, 0.3) is 5.91 Å². The van der Waals surface area contributed by atoms with E-state index in [4.69, 9.17) is 5.11 Å². The number of amides is 1. The van der Waals surface area contributed by atoms with Crippen LogP contribution in [0.2, 0.25) is 0 Å². The third-order valence-electron chi connectivity index (χ3n) is 3.13. The van der Waals surface area contributed by atoms with E-state index in [2.05, 4.69) is 16.8 Å². The van der Waals surface area contributed by atoms with Gasteiger partial charge in [-0.1, -0.05) is 11.8 Å². The minimum Gasteiger partial charge on any atom is -0.384 e. The van der Waals surface area contributed by atoms with Crippen molar-refractivity contribution in [2.24, 2.45) is 0 Å². The molecule has 1 N–H and O–H groups in total. The molecule has 19 heavy (non-hydrogen) atoms. The number of hydrogen-bond acceptors (Lipinski definition) is 4. The molecule has 1 fully saturated rings. The van der Waals surface area contributed by atoms with Gasteiger partial charge in [-0.15, -0.1) is 0 Å². The summed E-state index contributed by atoms with van der Waals surface area (Å²) in [6.07, 6.45) is 4.19. The lowest BCUT2D eigenvalue weighted by Crippen LogP contribution is -2.37. The van der Waals surface area contributed by atoms with E-state index < -0.39 is 0 Å². The van der Waals surface area contributed by atoms with E-state index in [1.54, 1.807) is 23.4 Å². The maximum absolute atomic E-state index is 12.5. The van der Waals surface area contributed by atoms with E-state index in [0.29, 0.717) is 17.2 Å². The smallest absolute Gasteiger partial charge is 0.255 e.